The summed E-state index contributed by atoms with van der Waals surface area (Å²) in [7, 11) is 0. The van der Waals surface area contributed by atoms with Gasteiger partial charge in [0.2, 0.25) is 0 Å². The molecular weight excluding hydrogens is 337 g/mol. The van der Waals surface area contributed by atoms with Gasteiger partial charge in [0.1, 0.15) is 17.4 Å². The van der Waals surface area contributed by atoms with E-state index in [1.807, 2.05) is 37.3 Å². The van der Waals surface area contributed by atoms with Gasteiger partial charge in [0, 0.05) is 11.3 Å². The summed E-state index contributed by atoms with van der Waals surface area (Å²) in [6.07, 6.45) is 0. The molecular formula is C19H14FN3OS. The SMILES string of the molecule is Cc1ccc(-c2nc(SCc3ccc(F)cc3)[nH]c(=O)c2C#N)cc1. The molecule has 1 aromatic heterocycles. The molecule has 0 aliphatic heterocycles. The van der Waals surface area contributed by atoms with Crippen molar-refractivity contribution in [3.05, 3.63) is 81.4 Å². The number of hydrogen-bond acceptors (Lipinski definition) is 4. The summed E-state index contributed by atoms with van der Waals surface area (Å²) in [6, 6.07) is 15.6. The van der Waals surface area contributed by atoms with Gasteiger partial charge >= 0.3 is 0 Å². The van der Waals surface area contributed by atoms with Crippen molar-refractivity contribution in [2.75, 3.05) is 0 Å². The van der Waals surface area contributed by atoms with E-state index in [0.717, 1.165) is 16.7 Å². The second kappa shape index (κ2) is 7.32. The van der Waals surface area contributed by atoms with Crippen molar-refractivity contribution in [1.29, 1.82) is 5.26 Å². The third-order valence-electron chi connectivity index (χ3n) is 3.62. The molecule has 6 heteroatoms. The van der Waals surface area contributed by atoms with Crippen LogP contribution in [-0.2, 0) is 5.75 Å². The zero-order valence-corrected chi connectivity index (χ0v) is 14.2. The molecule has 25 heavy (non-hydrogen) atoms. The van der Waals surface area contributed by atoms with Gasteiger partial charge in [-0.2, -0.15) is 5.26 Å². The number of halogens is 1. The van der Waals surface area contributed by atoms with E-state index >= 15 is 0 Å². The van der Waals surface area contributed by atoms with Crippen LogP contribution in [0.5, 0.6) is 0 Å². The Morgan fingerprint density at radius 1 is 1.16 bits per heavy atom. The van der Waals surface area contributed by atoms with Gasteiger partial charge in [-0.1, -0.05) is 53.7 Å². The minimum absolute atomic E-state index is 0.00464. The average molecular weight is 351 g/mol. The van der Waals surface area contributed by atoms with Gasteiger partial charge in [0.15, 0.2) is 5.16 Å². The van der Waals surface area contributed by atoms with E-state index in [4.69, 9.17) is 0 Å². The highest BCUT2D eigenvalue weighted by Crippen LogP contribution is 2.24. The van der Waals surface area contributed by atoms with Crippen LogP contribution >= 0.6 is 11.8 Å². The molecule has 0 saturated carbocycles. The molecule has 0 fully saturated rings. The molecule has 0 amide bonds. The lowest BCUT2D eigenvalue weighted by Crippen LogP contribution is -2.14. The van der Waals surface area contributed by atoms with E-state index in [1.54, 1.807) is 12.1 Å². The zero-order valence-electron chi connectivity index (χ0n) is 13.4. The molecule has 0 unspecified atom stereocenters. The van der Waals surface area contributed by atoms with Gasteiger partial charge in [-0.25, -0.2) is 9.37 Å². The first-order valence-electron chi connectivity index (χ1n) is 7.55. The van der Waals surface area contributed by atoms with Crippen LogP contribution in [0.4, 0.5) is 4.39 Å². The molecule has 124 valence electrons. The summed E-state index contributed by atoms with van der Waals surface area (Å²) in [5.74, 6) is 0.239. The minimum atomic E-state index is -0.463. The maximum absolute atomic E-state index is 13.0. The summed E-state index contributed by atoms with van der Waals surface area (Å²) >= 11 is 1.33. The van der Waals surface area contributed by atoms with Crippen molar-refractivity contribution in [1.82, 2.24) is 9.97 Å². The quantitative estimate of drug-likeness (QED) is 0.569. The number of rotatable bonds is 4. The third kappa shape index (κ3) is 3.95. The number of nitrogens with one attached hydrogen (secondary N) is 1. The summed E-state index contributed by atoms with van der Waals surface area (Å²) in [6.45, 7) is 1.96. The highest BCUT2D eigenvalue weighted by molar-refractivity contribution is 7.98. The van der Waals surface area contributed by atoms with Crippen LogP contribution in [0.2, 0.25) is 0 Å². The Labute approximate surface area is 148 Å². The fourth-order valence-corrected chi connectivity index (χ4v) is 3.09. The van der Waals surface area contributed by atoms with Crippen molar-refractivity contribution >= 4 is 11.8 Å². The highest BCUT2D eigenvalue weighted by Gasteiger charge is 2.13. The van der Waals surface area contributed by atoms with Crippen LogP contribution in [0.15, 0.2) is 58.5 Å². The Morgan fingerprint density at radius 3 is 2.48 bits per heavy atom. The molecule has 1 heterocycles. The van der Waals surface area contributed by atoms with Gasteiger partial charge in [0.05, 0.1) is 5.69 Å². The first kappa shape index (κ1) is 16.9. The minimum Gasteiger partial charge on any atom is -0.300 e. The van der Waals surface area contributed by atoms with Gasteiger partial charge in [-0.3, -0.25) is 4.79 Å². The van der Waals surface area contributed by atoms with Crippen molar-refractivity contribution < 1.29 is 4.39 Å². The van der Waals surface area contributed by atoms with E-state index in [1.165, 1.54) is 23.9 Å². The Bertz CT molecular complexity index is 989. The Morgan fingerprint density at radius 2 is 1.84 bits per heavy atom. The first-order chi connectivity index (χ1) is 12.1. The largest absolute Gasteiger partial charge is 0.300 e. The molecule has 2 aromatic carbocycles. The maximum Gasteiger partial charge on any atom is 0.270 e. The van der Waals surface area contributed by atoms with E-state index in [-0.39, 0.29) is 11.4 Å². The number of nitrogens with zero attached hydrogens (tertiary/aromatic N) is 2. The summed E-state index contributed by atoms with van der Waals surface area (Å²) in [5.41, 5.74) is 2.61. The molecule has 4 nitrogen and oxygen atoms in total. The van der Waals surface area contributed by atoms with E-state index in [2.05, 4.69) is 9.97 Å². The molecule has 1 N–H and O–H groups in total. The molecule has 0 bridgehead atoms. The monoisotopic (exact) mass is 351 g/mol. The summed E-state index contributed by atoms with van der Waals surface area (Å²) in [4.78, 5) is 19.3. The van der Waals surface area contributed by atoms with E-state index in [9.17, 15) is 14.4 Å². The third-order valence-corrected chi connectivity index (χ3v) is 4.57. The molecule has 0 saturated heterocycles. The number of aromatic amines is 1. The number of nitriles is 1. The lowest BCUT2D eigenvalue weighted by atomic mass is 10.1. The number of aryl methyl sites for hydroxylation is 1. The number of benzene rings is 2. The molecule has 3 aromatic rings. The van der Waals surface area contributed by atoms with Crippen LogP contribution in [0.25, 0.3) is 11.3 Å². The van der Waals surface area contributed by atoms with Crippen LogP contribution in [0, 0.1) is 24.1 Å². The van der Waals surface area contributed by atoms with Gasteiger partial charge < -0.3 is 4.98 Å². The first-order valence-corrected chi connectivity index (χ1v) is 8.54. The fourth-order valence-electron chi connectivity index (χ4n) is 2.28. The Hall–Kier alpha value is -2.91. The van der Waals surface area contributed by atoms with Crippen LogP contribution in [-0.4, -0.2) is 9.97 Å². The van der Waals surface area contributed by atoms with Crippen LogP contribution in [0.1, 0.15) is 16.7 Å². The molecule has 0 radical (unpaired) electrons. The second-order valence-corrected chi connectivity index (χ2v) is 6.45. The highest BCUT2D eigenvalue weighted by atomic mass is 32.2. The van der Waals surface area contributed by atoms with Crippen molar-refractivity contribution in [2.45, 2.75) is 17.8 Å². The number of thioether (sulfide) groups is 1. The topological polar surface area (TPSA) is 69.5 Å². The smallest absolute Gasteiger partial charge is 0.270 e. The second-order valence-electron chi connectivity index (χ2n) is 5.49. The molecule has 0 aliphatic carbocycles. The van der Waals surface area contributed by atoms with E-state index in [0.29, 0.717) is 16.6 Å². The normalized spacial score (nSPS) is 10.4. The predicted octanol–water partition coefficient (Wildman–Crippen LogP) is 4.05. The lowest BCUT2D eigenvalue weighted by molar-refractivity contribution is 0.627. The summed E-state index contributed by atoms with van der Waals surface area (Å²) < 4.78 is 13.0. The fraction of sp³-hybridized carbons (Fsp3) is 0.105. The van der Waals surface area contributed by atoms with Crippen LogP contribution < -0.4 is 5.56 Å². The van der Waals surface area contributed by atoms with Crippen molar-refractivity contribution in [2.24, 2.45) is 0 Å². The maximum atomic E-state index is 13.0. The lowest BCUT2D eigenvalue weighted by Gasteiger charge is -2.07. The van der Waals surface area contributed by atoms with Crippen molar-refractivity contribution in [3.8, 4) is 17.3 Å². The zero-order chi connectivity index (χ0) is 17.8. The van der Waals surface area contributed by atoms with Gasteiger partial charge in [-0.15, -0.1) is 0 Å². The van der Waals surface area contributed by atoms with Gasteiger partial charge in [0.25, 0.3) is 5.56 Å². The number of hydrogen-bond donors (Lipinski definition) is 1. The Kier molecular flexibility index (Phi) is 4.96. The Balaban J connectivity index is 1.93. The van der Waals surface area contributed by atoms with Crippen LogP contribution in [0.3, 0.4) is 0 Å². The molecule has 0 spiro atoms. The molecule has 3 rings (SSSR count). The van der Waals surface area contributed by atoms with Crippen molar-refractivity contribution in [3.63, 3.8) is 0 Å². The average Bonchev–Trinajstić information content (AvgIpc) is 2.61. The predicted molar refractivity (Wildman–Crippen MR) is 95.7 cm³/mol. The standard InChI is InChI=1S/C19H14FN3OS/c1-12-2-6-14(7-3-12)17-16(10-21)18(24)23-19(22-17)25-11-13-4-8-15(20)9-5-13/h2-9H,11H2,1H3,(H,22,23,24). The number of H-pyrrole nitrogens is 1. The molecule has 0 aliphatic rings. The molecule has 0 atom stereocenters. The van der Waals surface area contributed by atoms with Gasteiger partial charge in [-0.05, 0) is 24.6 Å². The number of aromatic nitrogens is 2. The summed E-state index contributed by atoms with van der Waals surface area (Å²) in [5, 5.41) is 9.71. The van der Waals surface area contributed by atoms with E-state index < -0.39 is 5.56 Å².